The molecule has 2 amide bonds. The Balaban J connectivity index is 1.66. The number of piperidine rings is 1. The summed E-state index contributed by atoms with van der Waals surface area (Å²) in [6, 6.07) is 0. The van der Waals surface area contributed by atoms with Gasteiger partial charge in [-0.15, -0.1) is 0 Å². The molecule has 0 unspecified atom stereocenters. The Morgan fingerprint density at radius 2 is 2.08 bits per heavy atom. The fourth-order valence-corrected chi connectivity index (χ4v) is 3.18. The Labute approximate surface area is 147 Å². The molecule has 8 nitrogen and oxygen atoms in total. The van der Waals surface area contributed by atoms with Gasteiger partial charge in [-0.1, -0.05) is 20.8 Å². The molecule has 2 saturated heterocycles. The van der Waals surface area contributed by atoms with Crippen LogP contribution in [0.1, 0.15) is 51.4 Å². The smallest absolute Gasteiger partial charge is 0.226 e. The van der Waals surface area contributed by atoms with Crippen LogP contribution in [-0.2, 0) is 19.7 Å². The molecule has 2 atom stereocenters. The van der Waals surface area contributed by atoms with Crippen molar-refractivity contribution in [3.63, 3.8) is 0 Å². The van der Waals surface area contributed by atoms with E-state index in [2.05, 4.69) is 36.0 Å². The largest absolute Gasteiger partial charge is 0.367 e. The molecule has 3 heterocycles. The summed E-state index contributed by atoms with van der Waals surface area (Å²) in [7, 11) is 1.78. The zero-order valence-electron chi connectivity index (χ0n) is 15.4. The van der Waals surface area contributed by atoms with E-state index >= 15 is 0 Å². The molecule has 0 radical (unpaired) electrons. The van der Waals surface area contributed by atoms with E-state index in [0.717, 1.165) is 12.2 Å². The maximum atomic E-state index is 12.8. The first-order valence-corrected chi connectivity index (χ1v) is 8.83. The molecule has 2 fully saturated rings. The average molecular weight is 349 g/mol. The number of aromatic amines is 1. The van der Waals surface area contributed by atoms with Crippen LogP contribution >= 0.6 is 0 Å². The molecular formula is C17H27N5O3. The highest BCUT2D eigenvalue weighted by Gasteiger charge is 2.35. The van der Waals surface area contributed by atoms with Gasteiger partial charge < -0.3 is 14.5 Å². The van der Waals surface area contributed by atoms with Crippen LogP contribution in [0.4, 0.5) is 0 Å². The van der Waals surface area contributed by atoms with Crippen LogP contribution in [0.15, 0.2) is 0 Å². The maximum Gasteiger partial charge on any atom is 0.226 e. The highest BCUT2D eigenvalue weighted by Crippen LogP contribution is 2.26. The number of carbonyl (C=O) groups is 2. The lowest BCUT2D eigenvalue weighted by molar-refractivity contribution is -0.149. The van der Waals surface area contributed by atoms with Crippen LogP contribution < -0.4 is 0 Å². The summed E-state index contributed by atoms with van der Waals surface area (Å²) in [5.74, 6) is 1.25. The first-order valence-electron chi connectivity index (χ1n) is 8.83. The molecule has 0 bridgehead atoms. The number of likely N-dealkylation sites (tertiary alicyclic amines) is 1. The Morgan fingerprint density at radius 3 is 2.72 bits per heavy atom. The molecule has 2 aliphatic heterocycles. The molecule has 0 saturated carbocycles. The second-order valence-corrected chi connectivity index (χ2v) is 7.94. The van der Waals surface area contributed by atoms with Crippen molar-refractivity contribution in [1.82, 2.24) is 25.0 Å². The summed E-state index contributed by atoms with van der Waals surface area (Å²) in [5, 5.41) is 7.22. The molecule has 138 valence electrons. The van der Waals surface area contributed by atoms with Gasteiger partial charge in [0.2, 0.25) is 11.8 Å². The van der Waals surface area contributed by atoms with Crippen molar-refractivity contribution >= 4 is 11.8 Å². The van der Waals surface area contributed by atoms with E-state index in [1.165, 1.54) is 0 Å². The SMILES string of the molecule is CN1CC[C@H](C(=O)N2CCO[C@H](c3nc(C(C)(C)C)n[nH]3)C2)CC1=O. The van der Waals surface area contributed by atoms with Crippen molar-refractivity contribution in [2.24, 2.45) is 5.92 Å². The number of ether oxygens (including phenoxy) is 1. The van der Waals surface area contributed by atoms with E-state index < -0.39 is 0 Å². The van der Waals surface area contributed by atoms with Crippen molar-refractivity contribution in [3.8, 4) is 0 Å². The molecule has 0 spiro atoms. The Morgan fingerprint density at radius 1 is 1.32 bits per heavy atom. The molecule has 1 N–H and O–H groups in total. The van der Waals surface area contributed by atoms with E-state index in [-0.39, 0.29) is 29.3 Å². The predicted octanol–water partition coefficient (Wildman–Crippen LogP) is 0.871. The van der Waals surface area contributed by atoms with Crippen molar-refractivity contribution in [2.75, 3.05) is 33.3 Å². The first kappa shape index (κ1) is 17.8. The minimum Gasteiger partial charge on any atom is -0.367 e. The third kappa shape index (κ3) is 3.84. The lowest BCUT2D eigenvalue weighted by Crippen LogP contribution is -2.48. The van der Waals surface area contributed by atoms with Crippen LogP contribution in [0.5, 0.6) is 0 Å². The Kier molecular flexibility index (Phi) is 4.81. The molecule has 3 rings (SSSR count). The van der Waals surface area contributed by atoms with Gasteiger partial charge in [0.25, 0.3) is 0 Å². The van der Waals surface area contributed by atoms with Crippen molar-refractivity contribution in [1.29, 1.82) is 0 Å². The van der Waals surface area contributed by atoms with Gasteiger partial charge in [0.15, 0.2) is 11.6 Å². The number of aromatic nitrogens is 3. The zero-order valence-corrected chi connectivity index (χ0v) is 15.4. The third-order valence-corrected chi connectivity index (χ3v) is 4.87. The summed E-state index contributed by atoms with van der Waals surface area (Å²) in [6.45, 7) is 8.24. The number of nitrogens with one attached hydrogen (secondary N) is 1. The molecule has 1 aromatic heterocycles. The van der Waals surface area contributed by atoms with E-state index in [1.807, 2.05) is 0 Å². The molecule has 0 aliphatic carbocycles. The molecular weight excluding hydrogens is 322 g/mol. The number of amides is 2. The summed E-state index contributed by atoms with van der Waals surface area (Å²) < 4.78 is 5.79. The topological polar surface area (TPSA) is 91.4 Å². The van der Waals surface area contributed by atoms with Gasteiger partial charge in [0.1, 0.15) is 6.10 Å². The molecule has 25 heavy (non-hydrogen) atoms. The molecule has 8 heteroatoms. The standard InChI is InChI=1S/C17H27N5O3/c1-17(2,3)16-18-14(19-20-16)12-10-22(7-8-25-12)15(24)11-5-6-21(4)13(23)9-11/h11-12H,5-10H2,1-4H3,(H,18,19,20)/t11-,12-/m0/s1. The first-order chi connectivity index (χ1) is 11.8. The van der Waals surface area contributed by atoms with Gasteiger partial charge in [-0.3, -0.25) is 14.7 Å². The van der Waals surface area contributed by atoms with E-state index in [1.54, 1.807) is 16.8 Å². The van der Waals surface area contributed by atoms with Gasteiger partial charge in [-0.2, -0.15) is 5.10 Å². The average Bonchev–Trinajstić information content (AvgIpc) is 3.07. The highest BCUT2D eigenvalue weighted by atomic mass is 16.5. The summed E-state index contributed by atoms with van der Waals surface area (Å²) in [6.07, 6.45) is 0.719. The van der Waals surface area contributed by atoms with Crippen molar-refractivity contribution in [3.05, 3.63) is 11.6 Å². The normalized spacial score (nSPS) is 25.4. The number of rotatable bonds is 2. The number of hydrogen-bond acceptors (Lipinski definition) is 5. The van der Waals surface area contributed by atoms with Gasteiger partial charge in [-0.25, -0.2) is 4.98 Å². The summed E-state index contributed by atoms with van der Waals surface area (Å²) >= 11 is 0. The fourth-order valence-electron chi connectivity index (χ4n) is 3.18. The van der Waals surface area contributed by atoms with Gasteiger partial charge in [0.05, 0.1) is 13.2 Å². The van der Waals surface area contributed by atoms with Crippen molar-refractivity contribution < 1.29 is 14.3 Å². The second-order valence-electron chi connectivity index (χ2n) is 7.94. The van der Waals surface area contributed by atoms with Crippen LogP contribution in [0.3, 0.4) is 0 Å². The highest BCUT2D eigenvalue weighted by molar-refractivity contribution is 5.87. The van der Waals surface area contributed by atoms with Crippen LogP contribution in [0.25, 0.3) is 0 Å². The summed E-state index contributed by atoms with van der Waals surface area (Å²) in [4.78, 5) is 32.7. The molecule has 0 aromatic carbocycles. The number of nitrogens with zero attached hydrogens (tertiary/aromatic N) is 4. The van der Waals surface area contributed by atoms with Crippen LogP contribution in [0, 0.1) is 5.92 Å². The maximum absolute atomic E-state index is 12.8. The fraction of sp³-hybridized carbons (Fsp3) is 0.765. The number of H-pyrrole nitrogens is 1. The van der Waals surface area contributed by atoms with Crippen LogP contribution in [-0.4, -0.2) is 70.1 Å². The van der Waals surface area contributed by atoms with Gasteiger partial charge in [-0.05, 0) is 6.42 Å². The lowest BCUT2D eigenvalue weighted by atomic mass is 9.94. The van der Waals surface area contributed by atoms with Gasteiger partial charge in [0, 0.05) is 37.9 Å². The van der Waals surface area contributed by atoms with E-state index in [0.29, 0.717) is 38.5 Å². The molecule has 2 aliphatic rings. The number of carbonyl (C=O) groups excluding carboxylic acids is 2. The minimum atomic E-state index is -0.303. The third-order valence-electron chi connectivity index (χ3n) is 4.87. The van der Waals surface area contributed by atoms with Crippen molar-refractivity contribution in [2.45, 2.75) is 45.1 Å². The quantitative estimate of drug-likeness (QED) is 0.855. The van der Waals surface area contributed by atoms with Gasteiger partial charge >= 0.3 is 0 Å². The molecule has 1 aromatic rings. The minimum absolute atomic E-state index is 0.0412. The lowest BCUT2D eigenvalue weighted by Gasteiger charge is -2.36. The monoisotopic (exact) mass is 349 g/mol. The number of morpholine rings is 1. The predicted molar refractivity (Wildman–Crippen MR) is 90.7 cm³/mol. The van der Waals surface area contributed by atoms with E-state index in [9.17, 15) is 9.59 Å². The summed E-state index contributed by atoms with van der Waals surface area (Å²) in [5.41, 5.74) is -0.145. The van der Waals surface area contributed by atoms with Crippen LogP contribution in [0.2, 0.25) is 0 Å². The van der Waals surface area contributed by atoms with E-state index in [4.69, 9.17) is 4.74 Å². The Hall–Kier alpha value is -1.96. The Bertz CT molecular complexity index is 651. The zero-order chi connectivity index (χ0) is 18.2. The number of hydrogen-bond donors (Lipinski definition) is 1. The second kappa shape index (κ2) is 6.74.